The quantitative estimate of drug-likeness (QED) is 0.591. The molecule has 21 heavy (non-hydrogen) atoms. The summed E-state index contributed by atoms with van der Waals surface area (Å²) in [6, 6.07) is 14.9. The molecule has 0 spiro atoms. The molecule has 1 heterocycles. The summed E-state index contributed by atoms with van der Waals surface area (Å²) < 4.78 is 10.6. The lowest BCUT2D eigenvalue weighted by Gasteiger charge is -2.02. The van der Waals surface area contributed by atoms with Gasteiger partial charge in [-0.3, -0.25) is 4.79 Å². The fraction of sp³-hybridized carbons (Fsp3) is 0. The molecule has 1 aromatic heterocycles. The maximum atomic E-state index is 12.0. The Morgan fingerprint density at radius 1 is 1.00 bits per heavy atom. The highest BCUT2D eigenvalue weighted by molar-refractivity contribution is 5.94. The first kappa shape index (κ1) is 12.9. The molecule has 1 amide bonds. The average Bonchev–Trinajstić information content (AvgIpc) is 2.92. The number of amides is 1. The lowest BCUT2D eigenvalue weighted by Crippen LogP contribution is -2.11. The first-order valence-corrected chi connectivity index (χ1v) is 6.24. The Hall–Kier alpha value is -3.08. The second-order valence-corrected chi connectivity index (χ2v) is 4.43. The summed E-state index contributed by atoms with van der Waals surface area (Å²) >= 11 is 0. The maximum absolute atomic E-state index is 12.0. The summed E-state index contributed by atoms with van der Waals surface area (Å²) in [6.45, 7) is 0. The Kier molecular flexibility index (Phi) is 3.16. The van der Waals surface area contributed by atoms with Crippen molar-refractivity contribution in [1.82, 2.24) is 0 Å². The van der Waals surface area contributed by atoms with Crippen molar-refractivity contribution in [3.63, 3.8) is 0 Å². The minimum absolute atomic E-state index is 0.121. The SMILES string of the molecule is NC(=O)c1ccc(OC(=O)c2cc3ccccc3o2)cc1. The molecule has 0 radical (unpaired) electrons. The number of hydrogen-bond acceptors (Lipinski definition) is 4. The molecule has 5 heteroatoms. The third-order valence-electron chi connectivity index (χ3n) is 2.98. The first-order chi connectivity index (χ1) is 10.1. The van der Waals surface area contributed by atoms with E-state index in [1.54, 1.807) is 12.1 Å². The van der Waals surface area contributed by atoms with Crippen LogP contribution in [0.3, 0.4) is 0 Å². The van der Waals surface area contributed by atoms with Gasteiger partial charge in [0.1, 0.15) is 11.3 Å². The monoisotopic (exact) mass is 281 g/mol. The second kappa shape index (κ2) is 5.13. The van der Waals surface area contributed by atoms with Gasteiger partial charge in [-0.2, -0.15) is 0 Å². The van der Waals surface area contributed by atoms with Crippen LogP contribution >= 0.6 is 0 Å². The predicted octanol–water partition coefficient (Wildman–Crippen LogP) is 2.75. The van der Waals surface area contributed by atoms with Crippen LogP contribution in [0.2, 0.25) is 0 Å². The number of furan rings is 1. The van der Waals surface area contributed by atoms with Crippen LogP contribution in [0, 0.1) is 0 Å². The highest BCUT2D eigenvalue weighted by Crippen LogP contribution is 2.20. The first-order valence-electron chi connectivity index (χ1n) is 6.24. The number of carbonyl (C=O) groups is 2. The predicted molar refractivity (Wildman–Crippen MR) is 76.1 cm³/mol. The summed E-state index contributed by atoms with van der Waals surface area (Å²) in [5, 5.41) is 0.827. The van der Waals surface area contributed by atoms with Crippen LogP contribution in [0.25, 0.3) is 11.0 Å². The van der Waals surface area contributed by atoms with Gasteiger partial charge >= 0.3 is 5.97 Å². The van der Waals surface area contributed by atoms with Crippen molar-refractivity contribution in [1.29, 1.82) is 0 Å². The number of ether oxygens (including phenoxy) is 1. The van der Waals surface area contributed by atoms with Gasteiger partial charge in [-0.15, -0.1) is 0 Å². The van der Waals surface area contributed by atoms with Crippen molar-refractivity contribution in [3.8, 4) is 5.75 Å². The molecule has 5 nitrogen and oxygen atoms in total. The number of nitrogens with two attached hydrogens (primary N) is 1. The molecule has 0 atom stereocenters. The van der Waals surface area contributed by atoms with Gasteiger partial charge in [0, 0.05) is 10.9 Å². The standard InChI is InChI=1S/C16H11NO4/c17-15(18)10-5-7-12(8-6-10)20-16(19)14-9-11-3-1-2-4-13(11)21-14/h1-9H,(H2,17,18). The molecular weight excluding hydrogens is 270 g/mol. The number of carbonyl (C=O) groups excluding carboxylic acids is 2. The van der Waals surface area contributed by atoms with Gasteiger partial charge in [0.15, 0.2) is 0 Å². The number of fused-ring (bicyclic) bond motifs is 1. The highest BCUT2D eigenvalue weighted by Gasteiger charge is 2.14. The third kappa shape index (κ3) is 2.62. The van der Waals surface area contributed by atoms with Crippen LogP contribution in [0.1, 0.15) is 20.9 Å². The van der Waals surface area contributed by atoms with Crippen LogP contribution in [-0.2, 0) is 0 Å². The Bertz CT molecular complexity index is 785. The van der Waals surface area contributed by atoms with Crippen molar-refractivity contribution in [2.45, 2.75) is 0 Å². The molecule has 0 aliphatic carbocycles. The van der Waals surface area contributed by atoms with Gasteiger partial charge in [0.05, 0.1) is 0 Å². The van der Waals surface area contributed by atoms with Crippen molar-refractivity contribution in [3.05, 3.63) is 65.9 Å². The summed E-state index contributed by atoms with van der Waals surface area (Å²) in [7, 11) is 0. The van der Waals surface area contributed by atoms with E-state index in [0.29, 0.717) is 16.9 Å². The lowest BCUT2D eigenvalue weighted by atomic mass is 10.2. The number of primary amides is 1. The van der Waals surface area contributed by atoms with Gasteiger partial charge in [-0.1, -0.05) is 18.2 Å². The van der Waals surface area contributed by atoms with E-state index >= 15 is 0 Å². The fourth-order valence-corrected chi connectivity index (χ4v) is 1.93. The van der Waals surface area contributed by atoms with Crippen LogP contribution < -0.4 is 10.5 Å². The van der Waals surface area contributed by atoms with Crippen molar-refractivity contribution in [2.75, 3.05) is 0 Å². The molecular formula is C16H11NO4. The van der Waals surface area contributed by atoms with E-state index in [4.69, 9.17) is 14.9 Å². The van der Waals surface area contributed by atoms with E-state index in [0.717, 1.165) is 5.39 Å². The molecule has 0 saturated heterocycles. The molecule has 104 valence electrons. The van der Waals surface area contributed by atoms with E-state index < -0.39 is 11.9 Å². The number of benzene rings is 2. The molecule has 0 unspecified atom stereocenters. The number of para-hydroxylation sites is 1. The summed E-state index contributed by atoms with van der Waals surface area (Å²) in [5.74, 6) is -0.705. The Balaban J connectivity index is 1.80. The minimum Gasteiger partial charge on any atom is -0.449 e. The van der Waals surface area contributed by atoms with E-state index in [1.165, 1.54) is 24.3 Å². The van der Waals surface area contributed by atoms with Crippen LogP contribution in [0.4, 0.5) is 0 Å². The molecule has 0 aliphatic rings. The Morgan fingerprint density at radius 2 is 1.71 bits per heavy atom. The zero-order chi connectivity index (χ0) is 14.8. The zero-order valence-corrected chi connectivity index (χ0v) is 10.9. The summed E-state index contributed by atoms with van der Waals surface area (Å²) in [4.78, 5) is 22.9. The van der Waals surface area contributed by atoms with Crippen molar-refractivity contribution < 1.29 is 18.7 Å². The Morgan fingerprint density at radius 3 is 2.38 bits per heavy atom. The van der Waals surface area contributed by atoms with Gasteiger partial charge in [-0.25, -0.2) is 4.79 Å². The van der Waals surface area contributed by atoms with E-state index in [9.17, 15) is 9.59 Å². The smallest absolute Gasteiger partial charge is 0.379 e. The van der Waals surface area contributed by atoms with Crippen molar-refractivity contribution in [2.24, 2.45) is 5.73 Å². The summed E-state index contributed by atoms with van der Waals surface area (Å²) in [5.41, 5.74) is 6.10. The van der Waals surface area contributed by atoms with Crippen molar-refractivity contribution >= 4 is 22.8 Å². The van der Waals surface area contributed by atoms with Crippen LogP contribution in [-0.4, -0.2) is 11.9 Å². The highest BCUT2D eigenvalue weighted by atomic mass is 16.5. The molecule has 0 saturated carbocycles. The lowest BCUT2D eigenvalue weighted by molar-refractivity contribution is 0.0704. The van der Waals surface area contributed by atoms with E-state index in [1.807, 2.05) is 18.2 Å². The molecule has 0 bridgehead atoms. The molecule has 3 aromatic rings. The second-order valence-electron chi connectivity index (χ2n) is 4.43. The normalized spacial score (nSPS) is 10.5. The number of esters is 1. The summed E-state index contributed by atoms with van der Waals surface area (Å²) in [6.07, 6.45) is 0. The Labute approximate surface area is 119 Å². The van der Waals surface area contributed by atoms with Gasteiger partial charge < -0.3 is 14.9 Å². The minimum atomic E-state index is -0.599. The molecule has 2 N–H and O–H groups in total. The molecule has 0 aliphatic heterocycles. The zero-order valence-electron chi connectivity index (χ0n) is 10.9. The van der Waals surface area contributed by atoms with E-state index in [-0.39, 0.29) is 5.76 Å². The molecule has 0 fully saturated rings. The van der Waals surface area contributed by atoms with E-state index in [2.05, 4.69) is 0 Å². The largest absolute Gasteiger partial charge is 0.449 e. The maximum Gasteiger partial charge on any atom is 0.379 e. The van der Waals surface area contributed by atoms with Gasteiger partial charge in [-0.05, 0) is 36.4 Å². The topological polar surface area (TPSA) is 82.5 Å². The number of hydrogen-bond donors (Lipinski definition) is 1. The average molecular weight is 281 g/mol. The molecule has 3 rings (SSSR count). The fourth-order valence-electron chi connectivity index (χ4n) is 1.93. The van der Waals surface area contributed by atoms with Crippen LogP contribution in [0.5, 0.6) is 5.75 Å². The number of rotatable bonds is 3. The molecule has 2 aromatic carbocycles. The van der Waals surface area contributed by atoms with Gasteiger partial charge in [0.2, 0.25) is 11.7 Å². The van der Waals surface area contributed by atoms with Gasteiger partial charge in [0.25, 0.3) is 0 Å². The van der Waals surface area contributed by atoms with Crippen LogP contribution in [0.15, 0.2) is 59.0 Å². The third-order valence-corrected chi connectivity index (χ3v) is 2.98.